The van der Waals surface area contributed by atoms with Crippen molar-refractivity contribution in [3.8, 4) is 0 Å². The van der Waals surface area contributed by atoms with Crippen LogP contribution < -0.4 is 0 Å². The smallest absolute Gasteiger partial charge is 0.314 e. The predicted molar refractivity (Wildman–Crippen MR) is 72.2 cm³/mol. The molecule has 0 heterocycles. The van der Waals surface area contributed by atoms with Crippen LogP contribution in [0.1, 0.15) is 66.7 Å². The monoisotopic (exact) mass is 256 g/mol. The fourth-order valence-corrected chi connectivity index (χ4v) is 2.57. The summed E-state index contributed by atoms with van der Waals surface area (Å²) in [5, 5.41) is 9.42. The van der Waals surface area contributed by atoms with Gasteiger partial charge in [-0.2, -0.15) is 0 Å². The second-order valence-electron chi connectivity index (χ2n) is 6.91. The first kappa shape index (κ1) is 15.5. The van der Waals surface area contributed by atoms with Crippen LogP contribution in [0.25, 0.3) is 0 Å². The number of aliphatic hydroxyl groups is 1. The number of carbonyl (C=O) groups is 1. The Kier molecular flexibility index (Phi) is 4.47. The van der Waals surface area contributed by atoms with E-state index in [4.69, 9.17) is 4.74 Å². The van der Waals surface area contributed by atoms with E-state index in [9.17, 15) is 9.90 Å². The van der Waals surface area contributed by atoms with Gasteiger partial charge in [-0.25, -0.2) is 0 Å². The van der Waals surface area contributed by atoms with Gasteiger partial charge >= 0.3 is 5.97 Å². The summed E-state index contributed by atoms with van der Waals surface area (Å²) in [6.45, 7) is 9.94. The second-order valence-corrected chi connectivity index (χ2v) is 6.91. The average Bonchev–Trinajstić information content (AvgIpc) is 2.77. The van der Waals surface area contributed by atoms with Crippen LogP contribution in [0.15, 0.2) is 0 Å². The predicted octanol–water partition coefficient (Wildman–Crippen LogP) is 3.30. The van der Waals surface area contributed by atoms with E-state index in [1.807, 2.05) is 6.92 Å². The van der Waals surface area contributed by atoms with E-state index in [0.717, 1.165) is 25.7 Å². The number of carbonyl (C=O) groups excluding carboxylic acids is 1. The Bertz CT molecular complexity index is 291. The zero-order valence-electron chi connectivity index (χ0n) is 12.5. The molecular weight excluding hydrogens is 228 g/mol. The van der Waals surface area contributed by atoms with Gasteiger partial charge in [-0.1, -0.05) is 27.7 Å². The first-order chi connectivity index (χ1) is 8.21. The maximum atomic E-state index is 12.4. The molecule has 0 aromatic rings. The van der Waals surface area contributed by atoms with Gasteiger partial charge in [-0.05, 0) is 39.0 Å². The van der Waals surface area contributed by atoms with Gasteiger partial charge in [0.2, 0.25) is 0 Å². The Balaban J connectivity index is 2.90. The third-order valence-electron chi connectivity index (χ3n) is 4.69. The van der Waals surface area contributed by atoms with Crippen molar-refractivity contribution >= 4 is 5.97 Å². The topological polar surface area (TPSA) is 46.5 Å². The van der Waals surface area contributed by atoms with Crippen molar-refractivity contribution in [3.05, 3.63) is 0 Å². The van der Waals surface area contributed by atoms with Crippen molar-refractivity contribution in [2.45, 2.75) is 72.3 Å². The summed E-state index contributed by atoms with van der Waals surface area (Å²) in [4.78, 5) is 12.4. The molecule has 0 radical (unpaired) electrons. The molecule has 1 rings (SSSR count). The van der Waals surface area contributed by atoms with Crippen LogP contribution in [0.3, 0.4) is 0 Å². The molecule has 106 valence electrons. The SMILES string of the molecule is CCC(C)(CO)C(=O)OC1(C(C)(C)C)CCCC1. The molecule has 0 spiro atoms. The molecule has 3 heteroatoms. The van der Waals surface area contributed by atoms with Gasteiger partial charge in [-0.15, -0.1) is 0 Å². The third kappa shape index (κ3) is 2.71. The van der Waals surface area contributed by atoms with E-state index in [1.54, 1.807) is 6.92 Å². The van der Waals surface area contributed by atoms with Crippen molar-refractivity contribution in [3.63, 3.8) is 0 Å². The Labute approximate surface area is 111 Å². The van der Waals surface area contributed by atoms with Crippen LogP contribution in [0.4, 0.5) is 0 Å². The van der Waals surface area contributed by atoms with E-state index < -0.39 is 5.41 Å². The van der Waals surface area contributed by atoms with Crippen molar-refractivity contribution in [2.75, 3.05) is 6.61 Å². The van der Waals surface area contributed by atoms with Gasteiger partial charge < -0.3 is 9.84 Å². The van der Waals surface area contributed by atoms with Gasteiger partial charge in [0.1, 0.15) is 5.60 Å². The molecule has 1 aliphatic carbocycles. The molecule has 1 atom stereocenters. The van der Waals surface area contributed by atoms with Crippen molar-refractivity contribution in [1.29, 1.82) is 0 Å². The highest BCUT2D eigenvalue weighted by Gasteiger charge is 2.49. The maximum Gasteiger partial charge on any atom is 0.314 e. The van der Waals surface area contributed by atoms with Gasteiger partial charge in [0.05, 0.1) is 12.0 Å². The summed E-state index contributed by atoms with van der Waals surface area (Å²) in [6, 6.07) is 0. The van der Waals surface area contributed by atoms with Crippen LogP contribution >= 0.6 is 0 Å². The van der Waals surface area contributed by atoms with Crippen molar-refractivity contribution < 1.29 is 14.6 Å². The van der Waals surface area contributed by atoms with Gasteiger partial charge in [0, 0.05) is 5.41 Å². The summed E-state index contributed by atoms with van der Waals surface area (Å²) in [7, 11) is 0. The molecule has 1 saturated carbocycles. The molecule has 0 saturated heterocycles. The van der Waals surface area contributed by atoms with Crippen molar-refractivity contribution in [1.82, 2.24) is 0 Å². The lowest BCUT2D eigenvalue weighted by Gasteiger charge is -2.43. The molecule has 0 bridgehead atoms. The van der Waals surface area contributed by atoms with Crippen LogP contribution in [0.2, 0.25) is 0 Å². The lowest BCUT2D eigenvalue weighted by molar-refractivity contribution is -0.186. The van der Waals surface area contributed by atoms with E-state index >= 15 is 0 Å². The number of hydrogen-bond donors (Lipinski definition) is 1. The van der Waals surface area contributed by atoms with Crippen LogP contribution in [0, 0.1) is 10.8 Å². The highest BCUT2D eigenvalue weighted by molar-refractivity contribution is 5.77. The summed E-state index contributed by atoms with van der Waals surface area (Å²) >= 11 is 0. The lowest BCUT2D eigenvalue weighted by atomic mass is 9.74. The van der Waals surface area contributed by atoms with Crippen molar-refractivity contribution in [2.24, 2.45) is 10.8 Å². The van der Waals surface area contributed by atoms with Crippen LogP contribution in [-0.2, 0) is 9.53 Å². The van der Waals surface area contributed by atoms with E-state index in [0.29, 0.717) is 6.42 Å². The third-order valence-corrected chi connectivity index (χ3v) is 4.69. The largest absolute Gasteiger partial charge is 0.458 e. The number of aliphatic hydroxyl groups excluding tert-OH is 1. The molecule has 3 nitrogen and oxygen atoms in total. The Morgan fingerprint density at radius 3 is 2.06 bits per heavy atom. The normalized spacial score (nSPS) is 22.6. The van der Waals surface area contributed by atoms with Gasteiger partial charge in [0.15, 0.2) is 0 Å². The Morgan fingerprint density at radius 2 is 1.72 bits per heavy atom. The molecule has 0 aliphatic heterocycles. The van der Waals surface area contributed by atoms with E-state index in [-0.39, 0.29) is 23.6 Å². The average molecular weight is 256 g/mol. The molecule has 0 amide bonds. The summed E-state index contributed by atoms with van der Waals surface area (Å²) in [6.07, 6.45) is 4.71. The minimum atomic E-state index is -0.763. The fourth-order valence-electron chi connectivity index (χ4n) is 2.57. The zero-order chi connectivity index (χ0) is 14.0. The first-order valence-electron chi connectivity index (χ1n) is 7.05. The quantitative estimate of drug-likeness (QED) is 0.785. The molecule has 1 aliphatic rings. The summed E-state index contributed by atoms with van der Waals surface area (Å²) in [5.74, 6) is -0.246. The fraction of sp³-hybridized carbons (Fsp3) is 0.933. The lowest BCUT2D eigenvalue weighted by Crippen LogP contribution is -2.48. The Hall–Kier alpha value is -0.570. The minimum Gasteiger partial charge on any atom is -0.458 e. The van der Waals surface area contributed by atoms with Gasteiger partial charge in [0.25, 0.3) is 0 Å². The zero-order valence-corrected chi connectivity index (χ0v) is 12.5. The first-order valence-corrected chi connectivity index (χ1v) is 7.05. The molecule has 1 unspecified atom stereocenters. The number of esters is 1. The standard InChI is InChI=1S/C15H28O3/c1-6-14(5,11-16)12(17)18-15(13(2,3)4)9-7-8-10-15/h16H,6-11H2,1-5H3. The second kappa shape index (κ2) is 5.20. The molecule has 0 aromatic carbocycles. The van der Waals surface area contributed by atoms with E-state index in [1.165, 1.54) is 0 Å². The summed E-state index contributed by atoms with van der Waals surface area (Å²) in [5.41, 5.74) is -1.17. The molecular formula is C15H28O3. The number of rotatable bonds is 4. The van der Waals surface area contributed by atoms with Crippen LogP contribution in [0.5, 0.6) is 0 Å². The highest BCUT2D eigenvalue weighted by atomic mass is 16.6. The molecule has 1 fully saturated rings. The summed E-state index contributed by atoms with van der Waals surface area (Å²) < 4.78 is 5.91. The molecule has 18 heavy (non-hydrogen) atoms. The minimum absolute atomic E-state index is 0.0523. The van der Waals surface area contributed by atoms with Gasteiger partial charge in [-0.3, -0.25) is 4.79 Å². The number of hydrogen-bond acceptors (Lipinski definition) is 3. The molecule has 0 aromatic heterocycles. The van der Waals surface area contributed by atoms with Crippen LogP contribution in [-0.4, -0.2) is 23.3 Å². The molecule has 1 N–H and O–H groups in total. The highest BCUT2D eigenvalue weighted by Crippen LogP contribution is 2.47. The van der Waals surface area contributed by atoms with E-state index in [2.05, 4.69) is 20.8 Å². The maximum absolute atomic E-state index is 12.4. The number of ether oxygens (including phenoxy) is 1. The Morgan fingerprint density at radius 1 is 1.22 bits per heavy atom.